The highest BCUT2D eigenvalue weighted by Crippen LogP contribution is 2.23. The lowest BCUT2D eigenvalue weighted by atomic mass is 10.1. The number of hydrogen-bond acceptors (Lipinski definition) is 5. The summed E-state index contributed by atoms with van der Waals surface area (Å²) in [5.74, 6) is 0.539. The second kappa shape index (κ2) is 8.62. The summed E-state index contributed by atoms with van der Waals surface area (Å²) < 4.78 is 0. The molecule has 144 valence electrons. The molecule has 0 fully saturated rings. The summed E-state index contributed by atoms with van der Waals surface area (Å²) in [6, 6.07) is 22.0. The molecule has 1 amide bonds. The molecule has 0 aliphatic heterocycles. The van der Waals surface area contributed by atoms with Gasteiger partial charge in [0.2, 0.25) is 0 Å². The van der Waals surface area contributed by atoms with Gasteiger partial charge in [0, 0.05) is 16.9 Å². The van der Waals surface area contributed by atoms with E-state index in [-0.39, 0.29) is 11.7 Å². The lowest BCUT2D eigenvalue weighted by Gasteiger charge is -2.03. The number of aromatic nitrogens is 2. The predicted octanol–water partition coefficient (Wildman–Crippen LogP) is 4.32. The topological polar surface area (TPSA) is 90.4 Å². The fraction of sp³-hybridized carbons (Fsp3) is 0.0455. The summed E-state index contributed by atoms with van der Waals surface area (Å²) in [5, 5.41) is 14.4. The SMILES string of the molecule is O=C(N/N=C/c1ccccc1O)c1ccc(CSc2nc3ccccc3[nH]2)cc1. The predicted molar refractivity (Wildman–Crippen MR) is 115 cm³/mol. The number of benzene rings is 3. The zero-order valence-electron chi connectivity index (χ0n) is 15.4. The minimum Gasteiger partial charge on any atom is -0.507 e. The number of fused-ring (bicyclic) bond motifs is 1. The molecule has 3 N–H and O–H groups in total. The number of carbonyl (C=O) groups is 1. The quantitative estimate of drug-likeness (QED) is 0.254. The van der Waals surface area contributed by atoms with Gasteiger partial charge in [-0.15, -0.1) is 0 Å². The summed E-state index contributed by atoms with van der Waals surface area (Å²) in [7, 11) is 0. The zero-order chi connectivity index (χ0) is 20.1. The van der Waals surface area contributed by atoms with E-state index in [4.69, 9.17) is 0 Å². The van der Waals surface area contributed by atoms with Crippen LogP contribution in [0.4, 0.5) is 0 Å². The van der Waals surface area contributed by atoms with Crippen molar-refractivity contribution in [1.29, 1.82) is 0 Å². The lowest BCUT2D eigenvalue weighted by molar-refractivity contribution is 0.0955. The van der Waals surface area contributed by atoms with E-state index in [0.29, 0.717) is 11.1 Å². The van der Waals surface area contributed by atoms with E-state index in [1.54, 1.807) is 48.2 Å². The summed E-state index contributed by atoms with van der Waals surface area (Å²) in [6.07, 6.45) is 1.41. The van der Waals surface area contributed by atoms with Gasteiger partial charge in [0.15, 0.2) is 5.16 Å². The number of thioether (sulfide) groups is 1. The maximum absolute atomic E-state index is 12.2. The number of carbonyl (C=O) groups excluding carboxylic acids is 1. The maximum atomic E-state index is 12.2. The van der Waals surface area contributed by atoms with E-state index in [2.05, 4.69) is 20.5 Å². The number of rotatable bonds is 6. The van der Waals surface area contributed by atoms with E-state index in [1.807, 2.05) is 36.4 Å². The van der Waals surface area contributed by atoms with Gasteiger partial charge in [-0.1, -0.05) is 48.2 Å². The first-order chi connectivity index (χ1) is 14.2. The van der Waals surface area contributed by atoms with Crippen molar-refractivity contribution < 1.29 is 9.90 Å². The number of aromatic amines is 1. The number of amides is 1. The third-order valence-corrected chi connectivity index (χ3v) is 5.21. The molecule has 29 heavy (non-hydrogen) atoms. The van der Waals surface area contributed by atoms with Crippen molar-refractivity contribution in [2.24, 2.45) is 5.10 Å². The molecule has 0 unspecified atom stereocenters. The molecule has 1 heterocycles. The standard InChI is InChI=1S/C22H18N4O2S/c27-20-8-4-1-5-17(20)13-23-26-21(28)16-11-9-15(10-12-16)14-29-22-24-18-6-2-3-7-19(18)25-22/h1-13,27H,14H2,(H,24,25)(H,26,28)/b23-13+. The Labute approximate surface area is 171 Å². The van der Waals surface area contributed by atoms with Crippen LogP contribution in [0.5, 0.6) is 5.75 Å². The molecule has 0 atom stereocenters. The van der Waals surface area contributed by atoms with Crippen LogP contribution in [0.3, 0.4) is 0 Å². The summed E-state index contributed by atoms with van der Waals surface area (Å²) in [4.78, 5) is 20.0. The van der Waals surface area contributed by atoms with Gasteiger partial charge in [-0.3, -0.25) is 4.79 Å². The average molecular weight is 402 g/mol. The molecule has 0 radical (unpaired) electrons. The first-order valence-corrected chi connectivity index (χ1v) is 9.95. The smallest absolute Gasteiger partial charge is 0.271 e. The van der Waals surface area contributed by atoms with Crippen molar-refractivity contribution >= 4 is 34.9 Å². The summed E-state index contributed by atoms with van der Waals surface area (Å²) in [6.45, 7) is 0. The van der Waals surface area contributed by atoms with Gasteiger partial charge in [0.05, 0.1) is 17.2 Å². The van der Waals surface area contributed by atoms with Crippen molar-refractivity contribution in [3.63, 3.8) is 0 Å². The normalized spacial score (nSPS) is 11.2. The summed E-state index contributed by atoms with van der Waals surface area (Å²) in [5.41, 5.74) is 6.57. The second-order valence-corrected chi connectivity index (χ2v) is 7.27. The molecule has 0 aliphatic rings. The van der Waals surface area contributed by atoms with Gasteiger partial charge in [0.25, 0.3) is 5.91 Å². The molecule has 3 aromatic carbocycles. The number of nitrogens with one attached hydrogen (secondary N) is 2. The molecule has 0 aliphatic carbocycles. The van der Waals surface area contributed by atoms with E-state index >= 15 is 0 Å². The number of phenols is 1. The fourth-order valence-electron chi connectivity index (χ4n) is 2.72. The first kappa shape index (κ1) is 18.8. The van der Waals surface area contributed by atoms with Crippen LogP contribution in [-0.4, -0.2) is 27.2 Å². The zero-order valence-corrected chi connectivity index (χ0v) is 16.2. The molecule has 0 saturated heterocycles. The van der Waals surface area contributed by atoms with E-state index in [1.165, 1.54) is 6.21 Å². The van der Waals surface area contributed by atoms with Crippen molar-refractivity contribution in [2.75, 3.05) is 0 Å². The number of phenolic OH excluding ortho intramolecular Hbond substituents is 1. The molecule has 4 aromatic rings. The highest BCUT2D eigenvalue weighted by molar-refractivity contribution is 7.98. The Kier molecular flexibility index (Phi) is 5.58. The number of hydrazone groups is 1. The van der Waals surface area contributed by atoms with Crippen molar-refractivity contribution in [3.05, 3.63) is 89.5 Å². The monoisotopic (exact) mass is 402 g/mol. The summed E-state index contributed by atoms with van der Waals surface area (Å²) >= 11 is 1.61. The van der Waals surface area contributed by atoms with Crippen LogP contribution in [0.1, 0.15) is 21.5 Å². The van der Waals surface area contributed by atoms with Crippen LogP contribution < -0.4 is 5.43 Å². The minimum atomic E-state index is -0.312. The van der Waals surface area contributed by atoms with Crippen LogP contribution in [0.25, 0.3) is 11.0 Å². The van der Waals surface area contributed by atoms with Gasteiger partial charge in [-0.05, 0) is 42.0 Å². The van der Waals surface area contributed by atoms with Gasteiger partial charge in [0.1, 0.15) is 5.75 Å². The van der Waals surface area contributed by atoms with Crippen LogP contribution in [0.2, 0.25) is 0 Å². The maximum Gasteiger partial charge on any atom is 0.271 e. The van der Waals surface area contributed by atoms with Crippen molar-refractivity contribution in [1.82, 2.24) is 15.4 Å². The van der Waals surface area contributed by atoms with E-state index in [9.17, 15) is 9.90 Å². The number of para-hydroxylation sites is 3. The minimum absolute atomic E-state index is 0.108. The molecule has 0 spiro atoms. The lowest BCUT2D eigenvalue weighted by Crippen LogP contribution is -2.17. The van der Waals surface area contributed by atoms with Crippen molar-refractivity contribution in [2.45, 2.75) is 10.9 Å². The molecule has 0 bridgehead atoms. The highest BCUT2D eigenvalue weighted by atomic mass is 32.2. The van der Waals surface area contributed by atoms with Gasteiger partial charge in [-0.2, -0.15) is 5.10 Å². The molecule has 7 heteroatoms. The van der Waals surface area contributed by atoms with Crippen LogP contribution in [0.15, 0.2) is 83.1 Å². The molecule has 0 saturated carbocycles. The first-order valence-electron chi connectivity index (χ1n) is 8.97. The van der Waals surface area contributed by atoms with Gasteiger partial charge < -0.3 is 10.1 Å². The second-order valence-electron chi connectivity index (χ2n) is 6.30. The number of hydrogen-bond donors (Lipinski definition) is 3. The Morgan fingerprint density at radius 1 is 1.07 bits per heavy atom. The fourth-order valence-corrected chi connectivity index (χ4v) is 3.56. The van der Waals surface area contributed by atoms with E-state index < -0.39 is 0 Å². The Morgan fingerprint density at radius 2 is 1.83 bits per heavy atom. The highest BCUT2D eigenvalue weighted by Gasteiger charge is 2.06. The number of nitrogens with zero attached hydrogens (tertiary/aromatic N) is 2. The largest absolute Gasteiger partial charge is 0.507 e. The van der Waals surface area contributed by atoms with Gasteiger partial charge in [-0.25, -0.2) is 10.4 Å². The van der Waals surface area contributed by atoms with Crippen LogP contribution in [0, 0.1) is 0 Å². The molecule has 4 rings (SSSR count). The Morgan fingerprint density at radius 3 is 2.62 bits per heavy atom. The Hall–Kier alpha value is -3.58. The molecule has 1 aromatic heterocycles. The number of H-pyrrole nitrogens is 1. The van der Waals surface area contributed by atoms with Crippen molar-refractivity contribution in [3.8, 4) is 5.75 Å². The van der Waals surface area contributed by atoms with Crippen LogP contribution in [-0.2, 0) is 5.75 Å². The third-order valence-electron chi connectivity index (χ3n) is 4.27. The number of imidazole rings is 1. The molecule has 6 nitrogen and oxygen atoms in total. The van der Waals surface area contributed by atoms with Gasteiger partial charge >= 0.3 is 0 Å². The molecular weight excluding hydrogens is 384 g/mol. The third kappa shape index (κ3) is 4.64. The Bertz CT molecular complexity index is 1140. The Balaban J connectivity index is 1.33. The van der Waals surface area contributed by atoms with E-state index in [0.717, 1.165) is 27.5 Å². The molecular formula is C22H18N4O2S. The number of aromatic hydroxyl groups is 1. The van der Waals surface area contributed by atoms with Crippen LogP contribution >= 0.6 is 11.8 Å². The average Bonchev–Trinajstić information content (AvgIpc) is 3.17.